The maximum absolute atomic E-state index is 13.1. The number of esters is 1. The quantitative estimate of drug-likeness (QED) is 0.573. The molecule has 28 heavy (non-hydrogen) atoms. The summed E-state index contributed by atoms with van der Waals surface area (Å²) in [5.74, 6) is -0.734. The van der Waals surface area contributed by atoms with Crippen LogP contribution in [0.3, 0.4) is 0 Å². The van der Waals surface area contributed by atoms with Gasteiger partial charge in [-0.05, 0) is 49.1 Å². The molecule has 0 saturated carbocycles. The van der Waals surface area contributed by atoms with Gasteiger partial charge >= 0.3 is 5.97 Å². The van der Waals surface area contributed by atoms with Gasteiger partial charge in [0.2, 0.25) is 10.0 Å². The predicted molar refractivity (Wildman–Crippen MR) is 107 cm³/mol. The van der Waals surface area contributed by atoms with Crippen LogP contribution < -0.4 is 0 Å². The molecule has 1 fully saturated rings. The smallest absolute Gasteiger partial charge is 0.306 e. The Balaban J connectivity index is 1.51. The van der Waals surface area contributed by atoms with Crippen molar-refractivity contribution in [3.05, 3.63) is 63.9 Å². The van der Waals surface area contributed by atoms with E-state index in [-0.39, 0.29) is 29.7 Å². The molecular formula is C20H21BrFNO4S. The van der Waals surface area contributed by atoms with Crippen LogP contribution in [0.4, 0.5) is 4.39 Å². The third-order valence-electron chi connectivity index (χ3n) is 4.65. The zero-order chi connectivity index (χ0) is 20.1. The van der Waals surface area contributed by atoms with Gasteiger partial charge in [0, 0.05) is 29.5 Å². The lowest BCUT2D eigenvalue weighted by atomic mass is 10.1. The molecule has 1 heterocycles. The molecule has 0 aliphatic carbocycles. The summed E-state index contributed by atoms with van der Waals surface area (Å²) in [7, 11) is -3.42. The van der Waals surface area contributed by atoms with Crippen LogP contribution >= 0.6 is 15.9 Å². The fraction of sp³-hybridized carbons (Fsp3) is 0.350. The number of rotatable bonds is 7. The molecule has 0 bridgehead atoms. The molecule has 0 N–H and O–H groups in total. The van der Waals surface area contributed by atoms with Gasteiger partial charge in [0.05, 0.1) is 4.90 Å². The molecular weight excluding hydrogens is 449 g/mol. The number of ether oxygens (including phenoxy) is 1. The van der Waals surface area contributed by atoms with Crippen molar-refractivity contribution in [1.29, 1.82) is 0 Å². The fourth-order valence-corrected chi connectivity index (χ4v) is 5.00. The minimum absolute atomic E-state index is 0.0622. The van der Waals surface area contributed by atoms with Crippen molar-refractivity contribution in [2.45, 2.75) is 37.2 Å². The first-order valence-corrected chi connectivity index (χ1v) is 11.3. The molecule has 0 spiro atoms. The van der Waals surface area contributed by atoms with Crippen LogP contribution in [0.15, 0.2) is 51.8 Å². The van der Waals surface area contributed by atoms with Gasteiger partial charge in [-0.2, -0.15) is 4.31 Å². The van der Waals surface area contributed by atoms with E-state index >= 15 is 0 Å². The van der Waals surface area contributed by atoms with Crippen molar-refractivity contribution < 1.29 is 22.3 Å². The highest BCUT2D eigenvalue weighted by molar-refractivity contribution is 9.10. The second kappa shape index (κ2) is 9.15. The minimum Gasteiger partial charge on any atom is -0.461 e. The number of sulfonamides is 1. The first-order valence-electron chi connectivity index (χ1n) is 9.05. The highest BCUT2D eigenvalue weighted by atomic mass is 79.9. The van der Waals surface area contributed by atoms with Crippen molar-refractivity contribution >= 4 is 31.9 Å². The van der Waals surface area contributed by atoms with Gasteiger partial charge in [0.25, 0.3) is 0 Å². The highest BCUT2D eigenvalue weighted by Gasteiger charge is 2.26. The van der Waals surface area contributed by atoms with Gasteiger partial charge in [0.1, 0.15) is 12.4 Å². The monoisotopic (exact) mass is 469 g/mol. The topological polar surface area (TPSA) is 63.7 Å². The molecule has 0 atom stereocenters. The third kappa shape index (κ3) is 5.18. The molecule has 0 unspecified atom stereocenters. The number of benzene rings is 2. The maximum atomic E-state index is 13.1. The number of nitrogens with zero attached hydrogens (tertiary/aromatic N) is 1. The summed E-state index contributed by atoms with van der Waals surface area (Å²) in [5.41, 5.74) is 1.55. The van der Waals surface area contributed by atoms with E-state index in [1.54, 1.807) is 30.3 Å². The molecule has 8 heteroatoms. The molecule has 3 rings (SSSR count). The lowest BCUT2D eigenvalue weighted by molar-refractivity contribution is -0.144. The number of hydrogen-bond donors (Lipinski definition) is 0. The van der Waals surface area contributed by atoms with Gasteiger partial charge in [-0.3, -0.25) is 4.79 Å². The first-order chi connectivity index (χ1) is 13.4. The van der Waals surface area contributed by atoms with Gasteiger partial charge in [-0.1, -0.05) is 34.1 Å². The van der Waals surface area contributed by atoms with Crippen molar-refractivity contribution in [3.63, 3.8) is 0 Å². The minimum atomic E-state index is -3.42. The number of halogens is 2. The summed E-state index contributed by atoms with van der Waals surface area (Å²) in [6, 6.07) is 10.8. The predicted octanol–water partition coefficient (Wildman–Crippen LogP) is 4.05. The lowest BCUT2D eigenvalue weighted by Gasteiger charge is -2.15. The average molecular weight is 470 g/mol. The van der Waals surface area contributed by atoms with Gasteiger partial charge in [-0.15, -0.1) is 0 Å². The Morgan fingerprint density at radius 2 is 1.79 bits per heavy atom. The van der Waals surface area contributed by atoms with Crippen LogP contribution in [0, 0.1) is 5.82 Å². The van der Waals surface area contributed by atoms with Gasteiger partial charge in [-0.25, -0.2) is 12.8 Å². The van der Waals surface area contributed by atoms with Crippen LogP contribution in [0.25, 0.3) is 0 Å². The Morgan fingerprint density at radius 3 is 2.43 bits per heavy atom. The summed E-state index contributed by atoms with van der Waals surface area (Å²) in [4.78, 5) is 12.2. The number of carbonyl (C=O) groups excluding carboxylic acids is 1. The molecule has 150 valence electrons. The van der Waals surface area contributed by atoms with E-state index in [0.717, 1.165) is 18.4 Å². The lowest BCUT2D eigenvalue weighted by Crippen LogP contribution is -2.27. The molecule has 1 saturated heterocycles. The molecule has 2 aromatic carbocycles. The van der Waals surface area contributed by atoms with Crippen LogP contribution in [0.5, 0.6) is 0 Å². The summed E-state index contributed by atoms with van der Waals surface area (Å²) >= 11 is 3.24. The standard InChI is InChI=1S/C20H21BrFNO4S/c21-19-13-17(22)7-6-16(19)14-27-20(24)10-5-15-3-8-18(9-4-15)28(25,26)23-11-1-2-12-23/h3-4,6-9,13H,1-2,5,10-12,14H2. The largest absolute Gasteiger partial charge is 0.461 e. The van der Waals surface area contributed by atoms with Gasteiger partial charge in [0.15, 0.2) is 0 Å². The Bertz CT molecular complexity index is 941. The Labute approximate surface area is 172 Å². The molecule has 1 aliphatic heterocycles. The van der Waals surface area contributed by atoms with E-state index in [2.05, 4.69) is 15.9 Å². The normalized spacial score (nSPS) is 14.9. The molecule has 0 aromatic heterocycles. The van der Waals surface area contributed by atoms with Crippen molar-refractivity contribution in [2.75, 3.05) is 13.1 Å². The van der Waals surface area contributed by atoms with E-state index in [9.17, 15) is 17.6 Å². The van der Waals surface area contributed by atoms with Crippen molar-refractivity contribution in [1.82, 2.24) is 4.31 Å². The average Bonchev–Trinajstić information content (AvgIpc) is 3.22. The van der Waals surface area contributed by atoms with Crippen molar-refractivity contribution in [3.8, 4) is 0 Å². The van der Waals surface area contributed by atoms with Crippen LogP contribution in [-0.2, 0) is 32.6 Å². The van der Waals surface area contributed by atoms with E-state index in [1.165, 1.54) is 16.4 Å². The zero-order valence-electron chi connectivity index (χ0n) is 15.2. The maximum Gasteiger partial charge on any atom is 0.306 e. The van der Waals surface area contributed by atoms with E-state index < -0.39 is 10.0 Å². The summed E-state index contributed by atoms with van der Waals surface area (Å²) < 4.78 is 45.4. The summed E-state index contributed by atoms with van der Waals surface area (Å²) in [5, 5.41) is 0. The van der Waals surface area contributed by atoms with E-state index in [4.69, 9.17) is 4.74 Å². The molecule has 2 aromatic rings. The Kier molecular flexibility index (Phi) is 6.85. The van der Waals surface area contributed by atoms with E-state index in [1.807, 2.05) is 0 Å². The molecule has 1 aliphatic rings. The number of hydrogen-bond acceptors (Lipinski definition) is 4. The van der Waals surface area contributed by atoms with Crippen LogP contribution in [0.2, 0.25) is 0 Å². The number of carbonyl (C=O) groups is 1. The Hall–Kier alpha value is -1.77. The van der Waals surface area contributed by atoms with Crippen LogP contribution in [0.1, 0.15) is 30.4 Å². The summed E-state index contributed by atoms with van der Waals surface area (Å²) in [6.45, 7) is 1.20. The Morgan fingerprint density at radius 1 is 1.11 bits per heavy atom. The summed E-state index contributed by atoms with van der Waals surface area (Å²) in [6.07, 6.45) is 2.42. The second-order valence-corrected chi connectivity index (χ2v) is 9.44. The SMILES string of the molecule is O=C(CCc1ccc(S(=O)(=O)N2CCCC2)cc1)OCc1ccc(F)cc1Br. The second-order valence-electron chi connectivity index (χ2n) is 6.65. The van der Waals surface area contributed by atoms with Gasteiger partial charge < -0.3 is 4.74 Å². The zero-order valence-corrected chi connectivity index (χ0v) is 17.6. The number of aryl methyl sites for hydroxylation is 1. The first kappa shape index (κ1) is 21.0. The highest BCUT2D eigenvalue weighted by Crippen LogP contribution is 2.22. The third-order valence-corrected chi connectivity index (χ3v) is 7.30. The van der Waals surface area contributed by atoms with Crippen molar-refractivity contribution in [2.24, 2.45) is 0 Å². The molecule has 0 radical (unpaired) electrons. The van der Waals surface area contributed by atoms with E-state index in [0.29, 0.717) is 29.5 Å². The molecule has 0 amide bonds. The van der Waals surface area contributed by atoms with Crippen LogP contribution in [-0.4, -0.2) is 31.8 Å². The fourth-order valence-electron chi connectivity index (χ4n) is 3.02. The molecule has 5 nitrogen and oxygen atoms in total.